The molecule has 3 heterocycles. The lowest BCUT2D eigenvalue weighted by atomic mass is 10.1. The van der Waals surface area contributed by atoms with Gasteiger partial charge >= 0.3 is 0 Å². The predicted octanol–water partition coefficient (Wildman–Crippen LogP) is 3.97. The first-order valence-electron chi connectivity index (χ1n) is 10.2. The van der Waals surface area contributed by atoms with Gasteiger partial charge in [-0.05, 0) is 64.1 Å². The maximum Gasteiger partial charge on any atom is 0.193 e. The van der Waals surface area contributed by atoms with Gasteiger partial charge in [0.1, 0.15) is 0 Å². The Bertz CT molecular complexity index is 540. The SMILES string of the molecule is CCNC(=NCC(c1cccs1)N1CCCC1)N1CCC(OCC)CC1.I. The van der Waals surface area contributed by atoms with Crippen LogP contribution in [0.15, 0.2) is 22.5 Å². The predicted molar refractivity (Wildman–Crippen MR) is 125 cm³/mol. The van der Waals surface area contributed by atoms with Crippen LogP contribution in [-0.2, 0) is 4.74 Å². The van der Waals surface area contributed by atoms with Crippen molar-refractivity contribution in [2.75, 3.05) is 45.9 Å². The summed E-state index contributed by atoms with van der Waals surface area (Å²) in [5.74, 6) is 1.07. The van der Waals surface area contributed by atoms with Gasteiger partial charge in [-0.3, -0.25) is 9.89 Å². The summed E-state index contributed by atoms with van der Waals surface area (Å²) in [5.41, 5.74) is 0. The third-order valence-corrected chi connectivity index (χ3v) is 6.32. The zero-order chi connectivity index (χ0) is 18.2. The lowest BCUT2D eigenvalue weighted by Crippen LogP contribution is -2.47. The third kappa shape index (κ3) is 6.58. The van der Waals surface area contributed by atoms with E-state index in [-0.39, 0.29) is 24.0 Å². The monoisotopic (exact) mass is 506 g/mol. The van der Waals surface area contributed by atoms with Gasteiger partial charge < -0.3 is 15.0 Å². The fourth-order valence-corrected chi connectivity index (χ4v) is 4.84. The maximum atomic E-state index is 5.79. The van der Waals surface area contributed by atoms with Crippen LogP contribution in [0.1, 0.15) is 50.4 Å². The summed E-state index contributed by atoms with van der Waals surface area (Å²) in [6.45, 7) is 11.3. The molecular formula is C20H35IN4OS. The van der Waals surface area contributed by atoms with E-state index in [4.69, 9.17) is 9.73 Å². The molecule has 2 aliphatic rings. The van der Waals surface area contributed by atoms with Crippen molar-refractivity contribution >= 4 is 41.3 Å². The number of rotatable bonds is 7. The third-order valence-electron chi connectivity index (χ3n) is 5.35. The van der Waals surface area contributed by atoms with Crippen molar-refractivity contribution in [3.05, 3.63) is 22.4 Å². The van der Waals surface area contributed by atoms with Crippen LogP contribution in [-0.4, -0.2) is 67.7 Å². The molecule has 3 rings (SSSR count). The average molecular weight is 506 g/mol. The highest BCUT2D eigenvalue weighted by Gasteiger charge is 2.25. The van der Waals surface area contributed by atoms with Crippen molar-refractivity contribution in [1.82, 2.24) is 15.1 Å². The molecule has 0 saturated carbocycles. The standard InChI is InChI=1S/C20H34N4OS.HI/c1-3-21-20(24-13-9-17(10-14-24)25-4-2)22-16-18(19-8-7-15-26-19)23-11-5-6-12-23;/h7-8,15,17-18H,3-6,9-14,16H2,1-2H3,(H,21,22);1H. The Morgan fingerprint density at radius 3 is 2.59 bits per heavy atom. The highest BCUT2D eigenvalue weighted by atomic mass is 127. The van der Waals surface area contributed by atoms with Gasteiger partial charge in [-0.15, -0.1) is 35.3 Å². The Morgan fingerprint density at radius 1 is 1.26 bits per heavy atom. The second-order valence-corrected chi connectivity index (χ2v) is 8.09. The smallest absolute Gasteiger partial charge is 0.193 e. The Balaban J connectivity index is 0.00000261. The van der Waals surface area contributed by atoms with E-state index < -0.39 is 0 Å². The Labute approximate surface area is 185 Å². The molecule has 1 aromatic rings. The van der Waals surface area contributed by atoms with E-state index in [0.717, 1.165) is 51.6 Å². The van der Waals surface area contributed by atoms with Gasteiger partial charge in [0.15, 0.2) is 5.96 Å². The second kappa shape index (κ2) is 12.2. The Hall–Kier alpha value is -0.380. The molecule has 2 aliphatic heterocycles. The summed E-state index contributed by atoms with van der Waals surface area (Å²) >= 11 is 1.86. The van der Waals surface area contributed by atoms with Gasteiger partial charge in [0.05, 0.1) is 18.7 Å². The van der Waals surface area contributed by atoms with Gasteiger partial charge in [-0.25, -0.2) is 0 Å². The molecule has 2 saturated heterocycles. The molecule has 7 heteroatoms. The fraction of sp³-hybridized carbons (Fsp3) is 0.750. The van der Waals surface area contributed by atoms with Gasteiger partial charge in [0.25, 0.3) is 0 Å². The molecule has 2 fully saturated rings. The van der Waals surface area contributed by atoms with E-state index >= 15 is 0 Å². The highest BCUT2D eigenvalue weighted by Crippen LogP contribution is 2.28. The number of aliphatic imine (C=N–C) groups is 1. The summed E-state index contributed by atoms with van der Waals surface area (Å²) in [6, 6.07) is 4.85. The molecule has 0 bridgehead atoms. The molecule has 0 radical (unpaired) electrons. The topological polar surface area (TPSA) is 40.1 Å². The molecule has 27 heavy (non-hydrogen) atoms. The Morgan fingerprint density at radius 2 is 2.00 bits per heavy atom. The number of piperidine rings is 1. The zero-order valence-corrected chi connectivity index (χ0v) is 19.9. The number of ether oxygens (including phenoxy) is 1. The van der Waals surface area contributed by atoms with E-state index in [1.165, 1.54) is 30.8 Å². The summed E-state index contributed by atoms with van der Waals surface area (Å²) < 4.78 is 5.79. The minimum absolute atomic E-state index is 0. The number of thiophene rings is 1. The Kier molecular flexibility index (Phi) is 10.4. The number of nitrogens with zero attached hydrogens (tertiary/aromatic N) is 3. The van der Waals surface area contributed by atoms with E-state index in [1.54, 1.807) is 0 Å². The number of nitrogens with one attached hydrogen (secondary N) is 1. The molecule has 1 N–H and O–H groups in total. The number of guanidine groups is 1. The number of halogens is 1. The van der Waals surface area contributed by atoms with Gasteiger partial charge in [0, 0.05) is 31.1 Å². The van der Waals surface area contributed by atoms with Crippen LogP contribution in [0.25, 0.3) is 0 Å². The van der Waals surface area contributed by atoms with Crippen LogP contribution >= 0.6 is 35.3 Å². The minimum atomic E-state index is 0. The van der Waals surface area contributed by atoms with Gasteiger partial charge in [0.2, 0.25) is 0 Å². The highest BCUT2D eigenvalue weighted by molar-refractivity contribution is 14.0. The molecule has 5 nitrogen and oxygen atoms in total. The fourth-order valence-electron chi connectivity index (χ4n) is 3.99. The van der Waals surface area contributed by atoms with E-state index in [9.17, 15) is 0 Å². The number of hydrogen-bond donors (Lipinski definition) is 1. The van der Waals surface area contributed by atoms with E-state index in [0.29, 0.717) is 12.1 Å². The van der Waals surface area contributed by atoms with Crippen molar-refractivity contribution in [3.63, 3.8) is 0 Å². The van der Waals surface area contributed by atoms with Crippen molar-refractivity contribution < 1.29 is 4.74 Å². The van der Waals surface area contributed by atoms with Crippen molar-refractivity contribution in [1.29, 1.82) is 0 Å². The van der Waals surface area contributed by atoms with Crippen molar-refractivity contribution in [2.24, 2.45) is 4.99 Å². The van der Waals surface area contributed by atoms with E-state index in [1.807, 2.05) is 11.3 Å². The largest absolute Gasteiger partial charge is 0.378 e. The summed E-state index contributed by atoms with van der Waals surface area (Å²) in [6.07, 6.45) is 5.24. The first kappa shape index (κ1) is 22.9. The maximum absolute atomic E-state index is 5.79. The lowest BCUT2D eigenvalue weighted by molar-refractivity contribution is 0.0263. The molecule has 1 atom stereocenters. The van der Waals surface area contributed by atoms with Crippen LogP contribution in [0.5, 0.6) is 0 Å². The summed E-state index contributed by atoms with van der Waals surface area (Å²) in [5, 5.41) is 5.70. The van der Waals surface area contributed by atoms with Crippen LogP contribution in [0.3, 0.4) is 0 Å². The van der Waals surface area contributed by atoms with Crippen LogP contribution in [0.2, 0.25) is 0 Å². The number of likely N-dealkylation sites (tertiary alicyclic amines) is 2. The number of hydrogen-bond acceptors (Lipinski definition) is 4. The van der Waals surface area contributed by atoms with Crippen LogP contribution in [0.4, 0.5) is 0 Å². The first-order chi connectivity index (χ1) is 12.8. The normalized spacial score (nSPS) is 20.5. The molecule has 0 aromatic carbocycles. The second-order valence-electron chi connectivity index (χ2n) is 7.11. The molecular weight excluding hydrogens is 471 g/mol. The molecule has 0 spiro atoms. The minimum Gasteiger partial charge on any atom is -0.378 e. The first-order valence-corrected chi connectivity index (χ1v) is 11.1. The summed E-state index contributed by atoms with van der Waals surface area (Å²) in [4.78, 5) is 11.5. The zero-order valence-electron chi connectivity index (χ0n) is 16.7. The van der Waals surface area contributed by atoms with Crippen molar-refractivity contribution in [2.45, 2.75) is 51.7 Å². The van der Waals surface area contributed by atoms with E-state index in [2.05, 4.69) is 46.5 Å². The van der Waals surface area contributed by atoms with Crippen LogP contribution < -0.4 is 5.32 Å². The molecule has 1 unspecified atom stereocenters. The van der Waals surface area contributed by atoms with Crippen molar-refractivity contribution in [3.8, 4) is 0 Å². The van der Waals surface area contributed by atoms with Gasteiger partial charge in [-0.1, -0.05) is 6.07 Å². The lowest BCUT2D eigenvalue weighted by Gasteiger charge is -2.34. The van der Waals surface area contributed by atoms with Gasteiger partial charge in [-0.2, -0.15) is 0 Å². The molecule has 0 aliphatic carbocycles. The van der Waals surface area contributed by atoms with Crippen LogP contribution in [0, 0.1) is 0 Å². The average Bonchev–Trinajstić information content (AvgIpc) is 3.37. The molecule has 1 aromatic heterocycles. The summed E-state index contributed by atoms with van der Waals surface area (Å²) in [7, 11) is 0. The molecule has 154 valence electrons. The molecule has 0 amide bonds. The quantitative estimate of drug-likeness (QED) is 0.345.